The van der Waals surface area contributed by atoms with Crippen LogP contribution in [-0.4, -0.2) is 6.36 Å². The number of halogens is 4. The van der Waals surface area contributed by atoms with E-state index in [4.69, 9.17) is 5.73 Å². The third-order valence-electron chi connectivity index (χ3n) is 2.71. The van der Waals surface area contributed by atoms with Crippen LogP contribution in [0.4, 0.5) is 13.2 Å². The van der Waals surface area contributed by atoms with Gasteiger partial charge in [-0.3, -0.25) is 0 Å². The van der Waals surface area contributed by atoms with Gasteiger partial charge in [0.05, 0.1) is 6.04 Å². The van der Waals surface area contributed by atoms with Crippen LogP contribution in [0.1, 0.15) is 17.2 Å². The van der Waals surface area contributed by atoms with E-state index in [0.29, 0.717) is 5.56 Å². The Hall–Kier alpha value is -1.53. The summed E-state index contributed by atoms with van der Waals surface area (Å²) in [5, 5.41) is 0. The van der Waals surface area contributed by atoms with Gasteiger partial charge in [-0.25, -0.2) is 0 Å². The van der Waals surface area contributed by atoms with E-state index >= 15 is 0 Å². The van der Waals surface area contributed by atoms with Crippen molar-refractivity contribution in [3.8, 4) is 5.75 Å². The fourth-order valence-electron chi connectivity index (χ4n) is 1.78. The van der Waals surface area contributed by atoms with Crippen molar-refractivity contribution >= 4 is 15.9 Å². The van der Waals surface area contributed by atoms with Crippen molar-refractivity contribution in [3.05, 3.63) is 64.1 Å². The lowest BCUT2D eigenvalue weighted by atomic mass is 10.00. The molecule has 0 saturated carbocycles. The number of benzene rings is 2. The largest absolute Gasteiger partial charge is 0.573 e. The second-order valence-electron chi connectivity index (χ2n) is 4.12. The molecule has 1 atom stereocenters. The Balaban J connectivity index is 2.20. The number of alkyl halides is 3. The number of hydrogen-bond donors (Lipinski definition) is 1. The molecule has 0 spiro atoms. The van der Waals surface area contributed by atoms with E-state index in [0.717, 1.165) is 10.0 Å². The molecule has 0 unspecified atom stereocenters. The van der Waals surface area contributed by atoms with Gasteiger partial charge in [0, 0.05) is 4.47 Å². The molecule has 0 aliphatic heterocycles. The van der Waals surface area contributed by atoms with Crippen molar-refractivity contribution in [1.29, 1.82) is 0 Å². The van der Waals surface area contributed by atoms with Gasteiger partial charge in [0.1, 0.15) is 5.75 Å². The maximum atomic E-state index is 12.1. The van der Waals surface area contributed by atoms with E-state index in [1.807, 2.05) is 24.3 Å². The lowest BCUT2D eigenvalue weighted by Gasteiger charge is -2.15. The maximum Gasteiger partial charge on any atom is 0.573 e. The molecule has 20 heavy (non-hydrogen) atoms. The van der Waals surface area contributed by atoms with E-state index < -0.39 is 12.4 Å². The van der Waals surface area contributed by atoms with E-state index in [2.05, 4.69) is 20.7 Å². The Bertz CT molecular complexity index is 584. The zero-order valence-corrected chi connectivity index (χ0v) is 11.8. The first-order valence-corrected chi connectivity index (χ1v) is 6.52. The fraction of sp³-hybridized carbons (Fsp3) is 0.143. The van der Waals surface area contributed by atoms with Gasteiger partial charge in [0.15, 0.2) is 0 Å². The highest BCUT2D eigenvalue weighted by atomic mass is 79.9. The number of ether oxygens (including phenoxy) is 1. The second-order valence-corrected chi connectivity index (χ2v) is 4.97. The molecule has 2 aromatic carbocycles. The third-order valence-corrected chi connectivity index (χ3v) is 3.44. The van der Waals surface area contributed by atoms with Crippen LogP contribution in [0, 0.1) is 0 Å². The van der Waals surface area contributed by atoms with Crippen LogP contribution in [0.5, 0.6) is 5.75 Å². The summed E-state index contributed by atoms with van der Waals surface area (Å²) in [6.45, 7) is 0. The Morgan fingerprint density at radius 3 is 2.15 bits per heavy atom. The smallest absolute Gasteiger partial charge is 0.406 e. The molecular formula is C14H11BrF3NO. The fourth-order valence-corrected chi connectivity index (χ4v) is 2.32. The first-order chi connectivity index (χ1) is 9.37. The van der Waals surface area contributed by atoms with Crippen LogP contribution in [0.15, 0.2) is 53.0 Å². The van der Waals surface area contributed by atoms with Gasteiger partial charge in [-0.15, -0.1) is 13.2 Å². The van der Waals surface area contributed by atoms with Crippen LogP contribution in [-0.2, 0) is 0 Å². The van der Waals surface area contributed by atoms with Gasteiger partial charge in [-0.2, -0.15) is 0 Å². The lowest BCUT2D eigenvalue weighted by molar-refractivity contribution is -0.274. The van der Waals surface area contributed by atoms with E-state index in [9.17, 15) is 13.2 Å². The average molecular weight is 346 g/mol. The summed E-state index contributed by atoms with van der Waals surface area (Å²) in [5.74, 6) is -0.263. The summed E-state index contributed by atoms with van der Waals surface area (Å²) in [4.78, 5) is 0. The van der Waals surface area contributed by atoms with Gasteiger partial charge in [0.25, 0.3) is 0 Å². The molecule has 2 nitrogen and oxygen atoms in total. The maximum absolute atomic E-state index is 12.1. The molecule has 0 aliphatic carbocycles. The number of nitrogens with two attached hydrogens (primary N) is 1. The number of rotatable bonds is 3. The Kier molecular flexibility index (Phi) is 4.35. The SMILES string of the molecule is N[C@@H](c1ccc(OC(F)(F)F)cc1)c1ccccc1Br. The minimum Gasteiger partial charge on any atom is -0.406 e. The summed E-state index contributed by atoms with van der Waals surface area (Å²) in [6.07, 6.45) is -4.69. The van der Waals surface area contributed by atoms with Crippen molar-refractivity contribution in [2.45, 2.75) is 12.4 Å². The van der Waals surface area contributed by atoms with Crippen LogP contribution >= 0.6 is 15.9 Å². The van der Waals surface area contributed by atoms with Crippen LogP contribution in [0.2, 0.25) is 0 Å². The first kappa shape index (κ1) is 14.9. The topological polar surface area (TPSA) is 35.2 Å². The average Bonchev–Trinajstić information content (AvgIpc) is 2.37. The Morgan fingerprint density at radius 2 is 1.60 bits per heavy atom. The molecule has 0 heterocycles. The molecule has 106 valence electrons. The van der Waals surface area contributed by atoms with Crippen molar-refractivity contribution in [3.63, 3.8) is 0 Å². The zero-order chi connectivity index (χ0) is 14.8. The summed E-state index contributed by atoms with van der Waals surface area (Å²) >= 11 is 3.39. The monoisotopic (exact) mass is 345 g/mol. The number of hydrogen-bond acceptors (Lipinski definition) is 2. The molecule has 0 aromatic heterocycles. The minimum absolute atomic E-state index is 0.263. The van der Waals surface area contributed by atoms with Crippen molar-refractivity contribution in [2.75, 3.05) is 0 Å². The first-order valence-electron chi connectivity index (χ1n) is 5.72. The lowest BCUT2D eigenvalue weighted by Crippen LogP contribution is -2.17. The van der Waals surface area contributed by atoms with Crippen molar-refractivity contribution in [1.82, 2.24) is 0 Å². The van der Waals surface area contributed by atoms with Crippen LogP contribution < -0.4 is 10.5 Å². The third kappa shape index (κ3) is 3.74. The van der Waals surface area contributed by atoms with Crippen molar-refractivity contribution < 1.29 is 17.9 Å². The molecule has 6 heteroatoms. The van der Waals surface area contributed by atoms with Crippen molar-refractivity contribution in [2.24, 2.45) is 5.73 Å². The Labute approximate surface area is 122 Å². The van der Waals surface area contributed by atoms with E-state index in [1.165, 1.54) is 24.3 Å². The molecule has 0 amide bonds. The van der Waals surface area contributed by atoms with E-state index in [1.54, 1.807) is 0 Å². The second kappa shape index (κ2) is 5.85. The predicted octanol–water partition coefficient (Wildman–Crippen LogP) is 4.40. The minimum atomic E-state index is -4.69. The van der Waals surface area contributed by atoms with Gasteiger partial charge in [-0.05, 0) is 29.3 Å². The molecule has 0 fully saturated rings. The zero-order valence-electron chi connectivity index (χ0n) is 10.2. The molecule has 2 aromatic rings. The quantitative estimate of drug-likeness (QED) is 0.894. The standard InChI is InChI=1S/C14H11BrF3NO/c15-12-4-2-1-3-11(12)13(19)9-5-7-10(8-6-9)20-14(16,17)18/h1-8,13H,19H2/t13-/m0/s1. The molecule has 2 rings (SSSR count). The molecular weight excluding hydrogens is 335 g/mol. The normalized spacial score (nSPS) is 13.1. The molecule has 0 radical (unpaired) electrons. The summed E-state index contributed by atoms with van der Waals surface area (Å²) < 4.78 is 40.9. The highest BCUT2D eigenvalue weighted by Gasteiger charge is 2.31. The van der Waals surface area contributed by atoms with Gasteiger partial charge >= 0.3 is 6.36 Å². The molecule has 0 saturated heterocycles. The molecule has 0 bridgehead atoms. The molecule has 0 aliphatic rings. The summed E-state index contributed by atoms with van der Waals surface area (Å²) in [6, 6.07) is 12.5. The van der Waals surface area contributed by atoms with Crippen LogP contribution in [0.3, 0.4) is 0 Å². The highest BCUT2D eigenvalue weighted by Crippen LogP contribution is 2.29. The summed E-state index contributed by atoms with van der Waals surface area (Å²) in [5.41, 5.74) is 7.66. The Morgan fingerprint density at radius 1 is 1.00 bits per heavy atom. The predicted molar refractivity (Wildman–Crippen MR) is 73.3 cm³/mol. The van der Waals surface area contributed by atoms with Gasteiger partial charge < -0.3 is 10.5 Å². The summed E-state index contributed by atoms with van der Waals surface area (Å²) in [7, 11) is 0. The highest BCUT2D eigenvalue weighted by molar-refractivity contribution is 9.10. The van der Waals surface area contributed by atoms with E-state index in [-0.39, 0.29) is 5.75 Å². The van der Waals surface area contributed by atoms with Gasteiger partial charge in [0.2, 0.25) is 0 Å². The van der Waals surface area contributed by atoms with Crippen LogP contribution in [0.25, 0.3) is 0 Å². The molecule has 2 N–H and O–H groups in total. The van der Waals surface area contributed by atoms with Gasteiger partial charge in [-0.1, -0.05) is 46.3 Å².